The van der Waals surface area contributed by atoms with E-state index in [1.54, 1.807) is 22.2 Å². The number of H-pyrrole nitrogens is 2. The molecule has 12 nitrogen and oxygen atoms in total. The zero-order chi connectivity index (χ0) is 39.3. The van der Waals surface area contributed by atoms with Gasteiger partial charge in [-0.05, 0) is 93.8 Å². The Morgan fingerprint density at radius 1 is 0.909 bits per heavy atom. The molecule has 13 heteroatoms. The van der Waals surface area contributed by atoms with Crippen LogP contribution in [-0.4, -0.2) is 79.7 Å². The Labute approximate surface area is 320 Å². The lowest BCUT2D eigenvalue weighted by Gasteiger charge is -2.30. The van der Waals surface area contributed by atoms with Crippen molar-refractivity contribution in [3.63, 3.8) is 0 Å². The number of aromatic nitrogens is 4. The molecule has 2 aliphatic heterocycles. The molecular weight excluding hydrogens is 702 g/mol. The van der Waals surface area contributed by atoms with Crippen LogP contribution in [0.2, 0.25) is 0 Å². The Morgan fingerprint density at radius 3 is 2.25 bits per heavy atom. The van der Waals surface area contributed by atoms with E-state index in [2.05, 4.69) is 48.9 Å². The number of halogens is 1. The van der Waals surface area contributed by atoms with Crippen LogP contribution in [0, 0.1) is 35.4 Å². The van der Waals surface area contributed by atoms with Gasteiger partial charge in [-0.15, -0.1) is 0 Å². The Kier molecular flexibility index (Phi) is 11.6. The zero-order valence-electron chi connectivity index (χ0n) is 32.0. The molecule has 0 bridgehead atoms. The maximum atomic E-state index is 16.0. The van der Waals surface area contributed by atoms with Gasteiger partial charge in [-0.3, -0.25) is 9.69 Å². The lowest BCUT2D eigenvalue weighted by Crippen LogP contribution is -2.51. The molecule has 55 heavy (non-hydrogen) atoms. The normalized spacial score (nSPS) is 17.2. The lowest BCUT2D eigenvalue weighted by molar-refractivity contribution is -0.135. The molecule has 2 aromatic carbocycles. The van der Waals surface area contributed by atoms with Crippen molar-refractivity contribution in [2.45, 2.75) is 84.0 Å². The standard InChI is InChI=1S/C42H46FN7O5/c1-26(2)36(48-40(52)54-6)39(51)49-20-12-18-34(49)38-45-25-33(47-38)28-22-31(27-14-8-7-9-15-27)30(32(43)23-28)17-11-10-16-29-24-44-37(46-29)35-19-13-21-50(35)41(53)55-42(3,4)5/h7-9,14-15,22-26,34-36H,12-13,18-21H2,1-6H3,(H,44,46)(H,45,47)(H,48,52)/t34-,35-,36-/m0/s1. The van der Waals surface area contributed by atoms with Crippen molar-refractivity contribution in [2.75, 3.05) is 20.2 Å². The molecule has 2 saturated heterocycles. The Bertz CT molecular complexity index is 2170. The highest BCUT2D eigenvalue weighted by atomic mass is 19.1. The number of methoxy groups -OCH3 is 1. The zero-order valence-corrected chi connectivity index (χ0v) is 32.0. The van der Waals surface area contributed by atoms with E-state index < -0.39 is 23.6 Å². The van der Waals surface area contributed by atoms with Crippen molar-refractivity contribution in [1.29, 1.82) is 0 Å². The van der Waals surface area contributed by atoms with Gasteiger partial charge in [0.15, 0.2) is 0 Å². The molecule has 4 aromatic rings. The molecule has 0 spiro atoms. The molecule has 286 valence electrons. The second-order valence-electron chi connectivity index (χ2n) is 15.0. The van der Waals surface area contributed by atoms with Gasteiger partial charge < -0.3 is 29.7 Å². The number of amides is 3. The second kappa shape index (κ2) is 16.5. The summed E-state index contributed by atoms with van der Waals surface area (Å²) in [5.74, 6) is 11.8. The lowest BCUT2D eigenvalue weighted by atomic mass is 9.96. The molecule has 3 N–H and O–H groups in total. The number of alkyl carbamates (subject to hydrolysis) is 1. The fourth-order valence-electron chi connectivity index (χ4n) is 6.93. The van der Waals surface area contributed by atoms with Crippen LogP contribution in [0.1, 0.15) is 95.3 Å². The maximum absolute atomic E-state index is 16.0. The van der Waals surface area contributed by atoms with Gasteiger partial charge in [0.05, 0.1) is 42.8 Å². The molecule has 0 saturated carbocycles. The van der Waals surface area contributed by atoms with Gasteiger partial charge in [-0.2, -0.15) is 0 Å². The van der Waals surface area contributed by atoms with Gasteiger partial charge in [-0.1, -0.05) is 44.2 Å². The van der Waals surface area contributed by atoms with E-state index in [9.17, 15) is 14.4 Å². The average Bonchev–Trinajstić information content (AvgIpc) is 3.98. The minimum absolute atomic E-state index is 0.161. The summed E-state index contributed by atoms with van der Waals surface area (Å²) in [7, 11) is 1.26. The van der Waals surface area contributed by atoms with Gasteiger partial charge in [0.25, 0.3) is 0 Å². The van der Waals surface area contributed by atoms with Gasteiger partial charge >= 0.3 is 12.2 Å². The number of likely N-dealkylation sites (tertiary alicyclic amines) is 2. The summed E-state index contributed by atoms with van der Waals surface area (Å²) in [6, 6.07) is 11.4. The van der Waals surface area contributed by atoms with Crippen LogP contribution in [-0.2, 0) is 14.3 Å². The average molecular weight is 748 g/mol. The van der Waals surface area contributed by atoms with Crippen LogP contribution in [0.15, 0.2) is 54.9 Å². The van der Waals surface area contributed by atoms with Crippen LogP contribution >= 0.6 is 0 Å². The van der Waals surface area contributed by atoms with E-state index in [1.807, 2.05) is 71.0 Å². The molecule has 6 rings (SSSR count). The predicted octanol–water partition coefficient (Wildman–Crippen LogP) is 7.13. The first-order valence-electron chi connectivity index (χ1n) is 18.5. The number of rotatable bonds is 7. The smallest absolute Gasteiger partial charge is 0.410 e. The van der Waals surface area contributed by atoms with E-state index in [4.69, 9.17) is 9.47 Å². The number of hydrogen-bond acceptors (Lipinski definition) is 7. The number of imidazole rings is 2. The molecule has 0 unspecified atom stereocenters. The molecule has 0 aliphatic carbocycles. The minimum Gasteiger partial charge on any atom is -0.453 e. The van der Waals surface area contributed by atoms with E-state index in [-0.39, 0.29) is 35.6 Å². The largest absolute Gasteiger partial charge is 0.453 e. The van der Waals surface area contributed by atoms with Crippen molar-refractivity contribution in [1.82, 2.24) is 35.1 Å². The van der Waals surface area contributed by atoms with Gasteiger partial charge in [-0.25, -0.2) is 23.9 Å². The van der Waals surface area contributed by atoms with Crippen molar-refractivity contribution in [2.24, 2.45) is 5.92 Å². The third-order valence-corrected chi connectivity index (χ3v) is 9.56. The van der Waals surface area contributed by atoms with Crippen molar-refractivity contribution < 1.29 is 28.2 Å². The van der Waals surface area contributed by atoms with E-state index in [0.29, 0.717) is 53.7 Å². The minimum atomic E-state index is -0.756. The summed E-state index contributed by atoms with van der Waals surface area (Å²) in [6.07, 6.45) is 5.24. The first kappa shape index (κ1) is 38.6. The van der Waals surface area contributed by atoms with Crippen molar-refractivity contribution in [3.05, 3.63) is 83.6 Å². The molecule has 0 radical (unpaired) electrons. The number of carbonyl (C=O) groups excluding carboxylic acids is 3. The van der Waals surface area contributed by atoms with Crippen LogP contribution in [0.5, 0.6) is 0 Å². The van der Waals surface area contributed by atoms with Gasteiger partial charge in [0.2, 0.25) is 5.91 Å². The number of ether oxygens (including phenoxy) is 2. The quantitative estimate of drug-likeness (QED) is 0.171. The topological polar surface area (TPSA) is 146 Å². The Hall–Kier alpha value is -6.08. The Balaban J connectivity index is 1.23. The fraction of sp³-hybridized carbons (Fsp3) is 0.405. The summed E-state index contributed by atoms with van der Waals surface area (Å²) in [5, 5.41) is 2.66. The molecule has 2 aliphatic rings. The number of nitrogens with one attached hydrogen (secondary N) is 3. The summed E-state index contributed by atoms with van der Waals surface area (Å²) in [6.45, 7) is 10.3. The first-order chi connectivity index (χ1) is 26.3. The molecular formula is C42H46FN7O5. The van der Waals surface area contributed by atoms with Gasteiger partial charge in [0, 0.05) is 24.2 Å². The third kappa shape index (κ3) is 9.01. The van der Waals surface area contributed by atoms with Gasteiger partial charge in [0.1, 0.15) is 34.8 Å². The SMILES string of the molecule is COC(=O)N[C@H](C(=O)N1CCC[C@H]1c1ncc(-c2cc(F)c(C#CC#Cc3cnc([C@@H]4CCCN4C(=O)OC(C)(C)C)[nH]3)c(-c3ccccc3)c2)[nH]1)C(C)C. The van der Waals surface area contributed by atoms with E-state index in [0.717, 1.165) is 24.8 Å². The number of hydrogen-bond donors (Lipinski definition) is 3. The highest BCUT2D eigenvalue weighted by molar-refractivity contribution is 5.86. The number of benzene rings is 2. The maximum Gasteiger partial charge on any atom is 0.410 e. The van der Waals surface area contributed by atoms with Crippen LogP contribution in [0.25, 0.3) is 22.4 Å². The Morgan fingerprint density at radius 2 is 1.56 bits per heavy atom. The molecule has 3 atom stereocenters. The number of nitrogens with zero attached hydrogens (tertiary/aromatic N) is 4. The molecule has 2 fully saturated rings. The van der Waals surface area contributed by atoms with E-state index >= 15 is 4.39 Å². The highest BCUT2D eigenvalue weighted by Gasteiger charge is 2.38. The summed E-state index contributed by atoms with van der Waals surface area (Å²) in [5.41, 5.74) is 2.62. The number of aromatic amines is 2. The third-order valence-electron chi connectivity index (χ3n) is 9.56. The second-order valence-corrected chi connectivity index (χ2v) is 15.0. The fourth-order valence-corrected chi connectivity index (χ4v) is 6.93. The summed E-state index contributed by atoms with van der Waals surface area (Å²) >= 11 is 0. The molecule has 2 aromatic heterocycles. The van der Waals surface area contributed by atoms with Crippen LogP contribution in [0.4, 0.5) is 14.0 Å². The highest BCUT2D eigenvalue weighted by Crippen LogP contribution is 2.35. The predicted molar refractivity (Wildman–Crippen MR) is 205 cm³/mol. The molecule has 3 amide bonds. The van der Waals surface area contributed by atoms with Crippen molar-refractivity contribution >= 4 is 18.1 Å². The van der Waals surface area contributed by atoms with Crippen LogP contribution < -0.4 is 5.32 Å². The summed E-state index contributed by atoms with van der Waals surface area (Å²) in [4.78, 5) is 57.4. The van der Waals surface area contributed by atoms with Crippen molar-refractivity contribution in [3.8, 4) is 46.1 Å². The van der Waals surface area contributed by atoms with Crippen LogP contribution in [0.3, 0.4) is 0 Å². The first-order valence-corrected chi connectivity index (χ1v) is 18.5. The monoisotopic (exact) mass is 747 g/mol. The molecule has 4 heterocycles. The number of carbonyl (C=O) groups is 3. The summed E-state index contributed by atoms with van der Waals surface area (Å²) < 4.78 is 26.4. The van der Waals surface area contributed by atoms with E-state index in [1.165, 1.54) is 13.2 Å².